The summed E-state index contributed by atoms with van der Waals surface area (Å²) >= 11 is 0. The number of unbranched alkanes of at least 4 members (excludes halogenated alkanes) is 1. The summed E-state index contributed by atoms with van der Waals surface area (Å²) in [7, 11) is 0. The Morgan fingerprint density at radius 2 is 1.82 bits per heavy atom. The third kappa shape index (κ3) is 8.49. The van der Waals surface area contributed by atoms with Crippen LogP contribution in [0.4, 0.5) is 0 Å². The Hall–Kier alpha value is -1.31. The van der Waals surface area contributed by atoms with Crippen LogP contribution in [-0.4, -0.2) is 12.5 Å². The molecule has 17 heavy (non-hydrogen) atoms. The van der Waals surface area contributed by atoms with Gasteiger partial charge in [-0.15, -0.1) is 0 Å². The number of carbonyl (C=O) groups excluding carboxylic acids is 1. The van der Waals surface area contributed by atoms with E-state index in [1.54, 1.807) is 0 Å². The number of carbonyl (C=O) groups is 1. The van der Waals surface area contributed by atoms with Gasteiger partial charge in [0.25, 0.3) is 0 Å². The highest BCUT2D eigenvalue weighted by molar-refractivity contribution is 5.86. The van der Waals surface area contributed by atoms with Crippen LogP contribution in [0.3, 0.4) is 0 Å². The van der Waals surface area contributed by atoms with Crippen LogP contribution in [0, 0.1) is 0 Å². The van der Waals surface area contributed by atoms with Crippen molar-refractivity contribution in [2.45, 2.75) is 47.0 Å². The summed E-state index contributed by atoms with van der Waals surface area (Å²) in [6.45, 7) is 12.7. The van der Waals surface area contributed by atoms with Crippen LogP contribution in [0.2, 0.25) is 0 Å². The average Bonchev–Trinajstić information content (AvgIpc) is 2.25. The van der Waals surface area contributed by atoms with Crippen molar-refractivity contribution in [2.75, 3.05) is 6.54 Å². The van der Waals surface area contributed by atoms with E-state index in [4.69, 9.17) is 0 Å². The topological polar surface area (TPSA) is 29.1 Å². The van der Waals surface area contributed by atoms with Crippen LogP contribution in [-0.2, 0) is 4.79 Å². The maximum absolute atomic E-state index is 10.9. The van der Waals surface area contributed by atoms with Gasteiger partial charge in [0.1, 0.15) is 0 Å². The summed E-state index contributed by atoms with van der Waals surface area (Å²) in [5.74, 6) is -0.0864. The first-order valence-corrected chi connectivity index (χ1v) is 6.19. The van der Waals surface area contributed by atoms with Gasteiger partial charge in [-0.05, 0) is 58.6 Å². The molecule has 1 N–H and O–H groups in total. The maximum atomic E-state index is 10.9. The summed E-state index contributed by atoms with van der Waals surface area (Å²) in [4.78, 5) is 10.9. The number of allylic oxidation sites excluding steroid dienone is 4. The fourth-order valence-corrected chi connectivity index (χ4v) is 1.54. The second kappa shape index (κ2) is 8.80. The molecule has 0 aromatic rings. The van der Waals surface area contributed by atoms with Gasteiger partial charge in [-0.25, -0.2) is 0 Å². The Labute approximate surface area is 105 Å². The van der Waals surface area contributed by atoms with E-state index in [-0.39, 0.29) is 5.91 Å². The van der Waals surface area contributed by atoms with Crippen molar-refractivity contribution in [3.63, 3.8) is 0 Å². The van der Waals surface area contributed by atoms with Crippen molar-refractivity contribution in [2.24, 2.45) is 0 Å². The SMILES string of the molecule is C=CC(=O)NCCCCC(C=C(C)C)=C(C)C. The molecule has 2 heteroatoms. The largest absolute Gasteiger partial charge is 0.353 e. The lowest BCUT2D eigenvalue weighted by molar-refractivity contribution is -0.116. The third-order valence-corrected chi connectivity index (χ3v) is 2.46. The Kier molecular flexibility index (Phi) is 8.12. The minimum Gasteiger partial charge on any atom is -0.353 e. The van der Waals surface area contributed by atoms with Crippen molar-refractivity contribution in [1.82, 2.24) is 5.32 Å². The molecule has 0 aliphatic carbocycles. The highest BCUT2D eigenvalue weighted by atomic mass is 16.1. The predicted molar refractivity (Wildman–Crippen MR) is 74.9 cm³/mol. The van der Waals surface area contributed by atoms with Crippen LogP contribution in [0.25, 0.3) is 0 Å². The Bertz CT molecular complexity index is 316. The quantitative estimate of drug-likeness (QED) is 0.406. The molecule has 1 amide bonds. The molecule has 0 bridgehead atoms. The van der Waals surface area contributed by atoms with E-state index in [0.717, 1.165) is 25.8 Å². The monoisotopic (exact) mass is 235 g/mol. The maximum Gasteiger partial charge on any atom is 0.243 e. The van der Waals surface area contributed by atoms with Crippen molar-refractivity contribution in [3.05, 3.63) is 35.5 Å². The zero-order chi connectivity index (χ0) is 13.3. The van der Waals surface area contributed by atoms with Crippen LogP contribution in [0.1, 0.15) is 47.0 Å². The van der Waals surface area contributed by atoms with Gasteiger partial charge < -0.3 is 5.32 Å². The van der Waals surface area contributed by atoms with Gasteiger partial charge >= 0.3 is 0 Å². The number of hydrogen-bond acceptors (Lipinski definition) is 1. The molecule has 0 saturated heterocycles. The van der Waals surface area contributed by atoms with Crippen LogP contribution < -0.4 is 5.32 Å². The van der Waals surface area contributed by atoms with Crippen LogP contribution in [0.15, 0.2) is 35.5 Å². The molecule has 2 nitrogen and oxygen atoms in total. The fourth-order valence-electron chi connectivity index (χ4n) is 1.54. The van der Waals surface area contributed by atoms with Crippen molar-refractivity contribution >= 4 is 5.91 Å². The second-order valence-electron chi connectivity index (χ2n) is 4.70. The molecule has 0 atom stereocenters. The Balaban J connectivity index is 3.94. The standard InChI is InChI=1S/C15H25NO/c1-6-15(17)16-10-8-7-9-14(13(4)5)11-12(2)3/h6,11H,1,7-10H2,2-5H3,(H,16,17). The van der Waals surface area contributed by atoms with Crippen molar-refractivity contribution in [1.29, 1.82) is 0 Å². The lowest BCUT2D eigenvalue weighted by Gasteiger charge is -2.07. The van der Waals surface area contributed by atoms with E-state index in [1.165, 1.54) is 22.8 Å². The van der Waals surface area contributed by atoms with Gasteiger partial charge in [-0.2, -0.15) is 0 Å². The third-order valence-electron chi connectivity index (χ3n) is 2.46. The van der Waals surface area contributed by atoms with Gasteiger partial charge in [-0.3, -0.25) is 4.79 Å². The van der Waals surface area contributed by atoms with Gasteiger partial charge in [-0.1, -0.05) is 23.8 Å². The first-order chi connectivity index (χ1) is 7.97. The molecule has 0 aromatic heterocycles. The number of amides is 1. The van der Waals surface area contributed by atoms with Gasteiger partial charge in [0.15, 0.2) is 0 Å². The molecule has 0 unspecified atom stereocenters. The van der Waals surface area contributed by atoms with Crippen LogP contribution in [0.5, 0.6) is 0 Å². The van der Waals surface area contributed by atoms with E-state index < -0.39 is 0 Å². The summed E-state index contributed by atoms with van der Waals surface area (Å²) in [5.41, 5.74) is 4.13. The van der Waals surface area contributed by atoms with Gasteiger partial charge in [0, 0.05) is 6.54 Å². The van der Waals surface area contributed by atoms with E-state index in [2.05, 4.69) is 45.7 Å². The molecule has 0 radical (unpaired) electrons. The minimum atomic E-state index is -0.0864. The number of hydrogen-bond donors (Lipinski definition) is 1. The molecule has 0 aromatic carbocycles. The number of nitrogens with one attached hydrogen (secondary N) is 1. The summed E-state index contributed by atoms with van der Waals surface area (Å²) < 4.78 is 0. The lowest BCUT2D eigenvalue weighted by Crippen LogP contribution is -2.21. The highest BCUT2D eigenvalue weighted by Crippen LogP contribution is 2.15. The smallest absolute Gasteiger partial charge is 0.243 e. The predicted octanol–water partition coefficient (Wildman–Crippen LogP) is 3.76. The molecular formula is C15H25NO. The van der Waals surface area contributed by atoms with E-state index in [9.17, 15) is 4.79 Å². The summed E-state index contributed by atoms with van der Waals surface area (Å²) in [5, 5.41) is 2.79. The zero-order valence-corrected chi connectivity index (χ0v) is 11.6. The summed E-state index contributed by atoms with van der Waals surface area (Å²) in [6.07, 6.45) is 6.74. The molecule has 96 valence electrons. The molecule has 0 spiro atoms. The average molecular weight is 235 g/mol. The minimum absolute atomic E-state index is 0.0864. The highest BCUT2D eigenvalue weighted by Gasteiger charge is 1.98. The zero-order valence-electron chi connectivity index (χ0n) is 11.6. The molecule has 0 heterocycles. The molecule has 0 saturated carbocycles. The molecular weight excluding hydrogens is 210 g/mol. The van der Waals surface area contributed by atoms with E-state index in [1.807, 2.05) is 0 Å². The Morgan fingerprint density at radius 3 is 2.29 bits per heavy atom. The Morgan fingerprint density at radius 1 is 1.18 bits per heavy atom. The van der Waals surface area contributed by atoms with Gasteiger partial charge in [0.2, 0.25) is 5.91 Å². The molecule has 0 aliphatic heterocycles. The lowest BCUT2D eigenvalue weighted by atomic mass is 10.0. The summed E-state index contributed by atoms with van der Waals surface area (Å²) in [6, 6.07) is 0. The molecule has 0 aliphatic rings. The fraction of sp³-hybridized carbons (Fsp3) is 0.533. The first-order valence-electron chi connectivity index (χ1n) is 6.19. The van der Waals surface area contributed by atoms with E-state index >= 15 is 0 Å². The van der Waals surface area contributed by atoms with Crippen molar-refractivity contribution < 1.29 is 4.79 Å². The first kappa shape index (κ1) is 15.7. The normalized spacial score (nSPS) is 9.41. The molecule has 0 fully saturated rings. The van der Waals surface area contributed by atoms with Crippen LogP contribution >= 0.6 is 0 Å². The van der Waals surface area contributed by atoms with E-state index in [0.29, 0.717) is 0 Å². The number of rotatable bonds is 7. The molecule has 0 rings (SSSR count). The van der Waals surface area contributed by atoms with Gasteiger partial charge in [0.05, 0.1) is 0 Å². The second-order valence-corrected chi connectivity index (χ2v) is 4.70. The van der Waals surface area contributed by atoms with Crippen molar-refractivity contribution in [3.8, 4) is 0 Å².